The van der Waals surface area contributed by atoms with Gasteiger partial charge in [0.2, 0.25) is 0 Å². The smallest absolute Gasteiger partial charge is 0.0622 e. The van der Waals surface area contributed by atoms with Crippen molar-refractivity contribution in [3.05, 3.63) is 34.8 Å². The second-order valence-corrected chi connectivity index (χ2v) is 2.21. The molecule has 0 N–H and O–H groups in total. The zero-order valence-corrected chi connectivity index (χ0v) is 5.35. The molecule has 0 nitrogen and oxygen atoms in total. The summed E-state index contributed by atoms with van der Waals surface area (Å²) in [7, 11) is 0. The van der Waals surface area contributed by atoms with E-state index in [0.29, 0.717) is 0 Å². The summed E-state index contributed by atoms with van der Waals surface area (Å²) in [6, 6.07) is 9.97. The third kappa shape index (κ3) is 5.67. The Morgan fingerprint density at radius 2 is 1.33 bits per heavy atom. The molecule has 0 aliphatic heterocycles. The average Bonchev–Trinajstić information content (AvgIpc) is 1.69. The lowest BCUT2D eigenvalue weighted by Crippen LogP contribution is -1.55. The first kappa shape index (κ1) is 12.9. The van der Waals surface area contributed by atoms with Gasteiger partial charge in [0.25, 0.3) is 0 Å². The molecule has 0 aliphatic carbocycles. The molecule has 44 valence electrons. The summed E-state index contributed by atoms with van der Waals surface area (Å²) in [6.45, 7) is 0. The molecule has 0 aromatic heterocycles. The van der Waals surface area contributed by atoms with Crippen LogP contribution in [0.5, 0.6) is 0 Å². The van der Waals surface area contributed by atoms with Gasteiger partial charge in [-0.05, 0) is 12.1 Å². The number of benzene rings is 1. The normalized spacial score (nSPS) is 6.78. The monoisotopic (exact) mass is 208 g/mol. The first-order valence-corrected chi connectivity index (χ1v) is 2.89. The highest BCUT2D eigenvalue weighted by Crippen LogP contribution is 2.05. The molecule has 0 spiro atoms. The second-order valence-electron chi connectivity index (χ2n) is 1.30. The van der Waals surface area contributed by atoms with E-state index < -0.39 is 0 Å². The van der Waals surface area contributed by atoms with Gasteiger partial charge in [0.1, 0.15) is 0 Å². The highest BCUT2D eigenvalue weighted by atomic mass is 79.9. The Hall–Kier alpha value is 1.23. The van der Waals surface area contributed by atoms with Crippen LogP contribution in [0.3, 0.4) is 0 Å². The number of halogens is 1. The lowest BCUT2D eigenvalue weighted by atomic mass is 10.4. The molecule has 0 radical (unpaired) electrons. The van der Waals surface area contributed by atoms with Crippen molar-refractivity contribution in [3.8, 4) is 0 Å². The zero-order chi connectivity index (χ0) is 5.11. The van der Waals surface area contributed by atoms with E-state index in [2.05, 4.69) is 15.9 Å². The third-order valence-corrected chi connectivity index (χ3v) is 1.26. The molecule has 0 saturated heterocycles. The standard InChI is InChI=1S/C6H5Br.2Mg.4H/c7-6-4-2-1-3-5-6;;;;;;/h1-5H;;;;;;. The highest BCUT2D eigenvalue weighted by molar-refractivity contribution is 9.10. The summed E-state index contributed by atoms with van der Waals surface area (Å²) in [6.07, 6.45) is 0. The van der Waals surface area contributed by atoms with E-state index in [9.17, 15) is 0 Å². The van der Waals surface area contributed by atoms with Crippen molar-refractivity contribution in [2.45, 2.75) is 0 Å². The van der Waals surface area contributed by atoms with E-state index in [0.717, 1.165) is 4.47 Å². The molecule has 1 aromatic carbocycles. The van der Waals surface area contributed by atoms with Crippen molar-refractivity contribution in [1.82, 2.24) is 0 Å². The summed E-state index contributed by atoms with van der Waals surface area (Å²) in [4.78, 5) is 0. The summed E-state index contributed by atoms with van der Waals surface area (Å²) in [5.74, 6) is 0. The lowest BCUT2D eigenvalue weighted by Gasteiger charge is -1.80. The SMILES string of the molecule is Brc1ccccc1.[MgH2].[MgH2]. The van der Waals surface area contributed by atoms with Gasteiger partial charge < -0.3 is 0 Å². The minimum absolute atomic E-state index is 0. The Morgan fingerprint density at radius 3 is 1.56 bits per heavy atom. The van der Waals surface area contributed by atoms with Crippen LogP contribution in [0, 0.1) is 0 Å². The number of hydrogen-bond acceptors (Lipinski definition) is 0. The molecule has 9 heavy (non-hydrogen) atoms. The predicted octanol–water partition coefficient (Wildman–Crippen LogP) is 0.617. The summed E-state index contributed by atoms with van der Waals surface area (Å²) < 4.78 is 1.13. The third-order valence-electron chi connectivity index (χ3n) is 0.733. The van der Waals surface area contributed by atoms with Crippen LogP contribution in [0.1, 0.15) is 0 Å². The molecule has 0 amide bonds. The van der Waals surface area contributed by atoms with Crippen LogP contribution in [0.4, 0.5) is 0 Å². The van der Waals surface area contributed by atoms with Crippen molar-refractivity contribution in [1.29, 1.82) is 0 Å². The topological polar surface area (TPSA) is 0 Å². The molecule has 0 unspecified atom stereocenters. The Labute approximate surface area is 95.8 Å². The first-order chi connectivity index (χ1) is 3.39. The van der Waals surface area contributed by atoms with E-state index in [1.165, 1.54) is 0 Å². The van der Waals surface area contributed by atoms with Gasteiger partial charge in [-0.1, -0.05) is 34.1 Å². The van der Waals surface area contributed by atoms with Crippen LogP contribution in [0.15, 0.2) is 34.8 Å². The maximum Gasteiger partial charge on any atom is 0.316 e. The van der Waals surface area contributed by atoms with Crippen molar-refractivity contribution in [3.63, 3.8) is 0 Å². The van der Waals surface area contributed by atoms with Crippen LogP contribution in [0.25, 0.3) is 0 Å². The Kier molecular flexibility index (Phi) is 10.5. The fourth-order valence-electron chi connectivity index (χ4n) is 0.415. The molecule has 0 aliphatic rings. The predicted molar refractivity (Wildman–Crippen MR) is 51.2 cm³/mol. The van der Waals surface area contributed by atoms with Crippen LogP contribution in [0.2, 0.25) is 0 Å². The lowest BCUT2D eigenvalue weighted by molar-refractivity contribution is 1.66. The van der Waals surface area contributed by atoms with E-state index in [1.807, 2.05) is 30.3 Å². The quantitative estimate of drug-likeness (QED) is 0.550. The van der Waals surface area contributed by atoms with Crippen molar-refractivity contribution < 1.29 is 0 Å². The minimum atomic E-state index is 0. The van der Waals surface area contributed by atoms with Gasteiger partial charge in [-0.25, -0.2) is 0 Å². The molecule has 0 heterocycles. The molecular weight excluding hydrogens is 201 g/mol. The molecule has 0 fully saturated rings. The fraction of sp³-hybridized carbons (Fsp3) is 0. The summed E-state index contributed by atoms with van der Waals surface area (Å²) >= 11 is 3.31. The molecule has 0 bridgehead atoms. The van der Waals surface area contributed by atoms with Crippen LogP contribution >= 0.6 is 15.9 Å². The summed E-state index contributed by atoms with van der Waals surface area (Å²) in [5, 5.41) is 0. The molecular formula is C6H9BrMg2. The van der Waals surface area contributed by atoms with Gasteiger partial charge in [0.15, 0.2) is 0 Å². The van der Waals surface area contributed by atoms with E-state index in [4.69, 9.17) is 0 Å². The van der Waals surface area contributed by atoms with E-state index >= 15 is 0 Å². The fourth-order valence-corrected chi connectivity index (χ4v) is 0.720. The van der Waals surface area contributed by atoms with Gasteiger partial charge in [-0.15, -0.1) is 0 Å². The molecule has 0 saturated carbocycles. The van der Waals surface area contributed by atoms with E-state index in [-0.39, 0.29) is 46.1 Å². The van der Waals surface area contributed by atoms with Crippen molar-refractivity contribution in [2.24, 2.45) is 0 Å². The number of hydrogen-bond donors (Lipinski definition) is 0. The van der Waals surface area contributed by atoms with Crippen molar-refractivity contribution >= 4 is 62.0 Å². The largest absolute Gasteiger partial charge is 0.316 e. The average molecular weight is 210 g/mol. The Balaban J connectivity index is 0. The molecule has 0 atom stereocenters. The van der Waals surface area contributed by atoms with Crippen molar-refractivity contribution in [2.75, 3.05) is 0 Å². The minimum Gasteiger partial charge on any atom is -0.0622 e. The number of rotatable bonds is 0. The molecule has 3 heteroatoms. The molecule has 1 aromatic rings. The van der Waals surface area contributed by atoms with Gasteiger partial charge in [-0.2, -0.15) is 0 Å². The van der Waals surface area contributed by atoms with Crippen LogP contribution < -0.4 is 0 Å². The highest BCUT2D eigenvalue weighted by Gasteiger charge is 1.74. The Bertz CT molecular complexity index is 141. The molecule has 1 rings (SSSR count). The summed E-state index contributed by atoms with van der Waals surface area (Å²) in [5.41, 5.74) is 0. The maximum atomic E-state index is 3.31. The van der Waals surface area contributed by atoms with Gasteiger partial charge in [0, 0.05) is 4.47 Å². The van der Waals surface area contributed by atoms with Gasteiger partial charge in [-0.3, -0.25) is 0 Å². The van der Waals surface area contributed by atoms with Gasteiger partial charge in [0.05, 0.1) is 0 Å². The zero-order valence-electron chi connectivity index (χ0n) is 3.76. The van der Waals surface area contributed by atoms with Gasteiger partial charge >= 0.3 is 46.1 Å². The second kappa shape index (κ2) is 7.34. The van der Waals surface area contributed by atoms with E-state index in [1.54, 1.807) is 0 Å². The Morgan fingerprint density at radius 1 is 0.889 bits per heavy atom. The first-order valence-electron chi connectivity index (χ1n) is 2.10. The maximum absolute atomic E-state index is 3.31. The van der Waals surface area contributed by atoms with Crippen LogP contribution in [-0.2, 0) is 0 Å². The van der Waals surface area contributed by atoms with Crippen LogP contribution in [-0.4, -0.2) is 46.1 Å².